The Bertz CT molecular complexity index is 1080. The van der Waals surface area contributed by atoms with Crippen LogP contribution in [0, 0.1) is 0 Å². The summed E-state index contributed by atoms with van der Waals surface area (Å²) in [6.45, 7) is 0. The third-order valence-corrected chi connectivity index (χ3v) is 4.57. The van der Waals surface area contributed by atoms with E-state index in [9.17, 15) is 22.9 Å². The number of hydrogen-bond acceptors (Lipinski definition) is 5. The summed E-state index contributed by atoms with van der Waals surface area (Å²) in [5.41, 5.74) is 6.09. The summed E-state index contributed by atoms with van der Waals surface area (Å²) < 4.78 is 32.8. The van der Waals surface area contributed by atoms with Gasteiger partial charge in [-0.1, -0.05) is 18.2 Å². The summed E-state index contributed by atoms with van der Waals surface area (Å²) in [5.74, 6) is -0.837. The van der Waals surface area contributed by atoms with Gasteiger partial charge in [0.1, 0.15) is 10.6 Å². The average Bonchev–Trinajstić information content (AvgIpc) is 2.54. The topological polar surface area (TPSA) is 130 Å². The monoisotopic (exact) mass is 358 g/mol. The van der Waals surface area contributed by atoms with Gasteiger partial charge >= 0.3 is 0 Å². The fourth-order valence-corrected chi connectivity index (χ4v) is 3.15. The molecule has 0 aromatic heterocycles. The molecule has 8 heteroatoms. The number of nitrogen functional groups attached to an aromatic ring is 1. The summed E-state index contributed by atoms with van der Waals surface area (Å²) in [6, 6.07) is 13.2. The van der Waals surface area contributed by atoms with E-state index in [0.29, 0.717) is 11.1 Å². The van der Waals surface area contributed by atoms with E-state index in [1.807, 2.05) is 0 Å². The molecular formula is C17H14N2O5S. The van der Waals surface area contributed by atoms with E-state index in [0.717, 1.165) is 6.07 Å². The number of benzene rings is 3. The smallest absolute Gasteiger partial charge is 0.296 e. The Hall–Kier alpha value is -3.10. The van der Waals surface area contributed by atoms with Crippen molar-refractivity contribution in [3.63, 3.8) is 0 Å². The number of aromatic hydroxyl groups is 1. The first-order chi connectivity index (χ1) is 11.8. The molecule has 0 aliphatic carbocycles. The molecule has 5 N–H and O–H groups in total. The lowest BCUT2D eigenvalue weighted by Gasteiger charge is -2.14. The Morgan fingerprint density at radius 3 is 2.32 bits per heavy atom. The number of amides is 1. The average molecular weight is 358 g/mol. The van der Waals surface area contributed by atoms with Crippen molar-refractivity contribution in [3.05, 3.63) is 60.2 Å². The predicted octanol–water partition coefficient (Wildman–Crippen LogP) is 2.63. The molecule has 0 saturated heterocycles. The molecule has 1 amide bonds. The summed E-state index contributed by atoms with van der Waals surface area (Å²) in [7, 11) is -4.62. The van der Waals surface area contributed by atoms with Crippen molar-refractivity contribution in [1.29, 1.82) is 0 Å². The van der Waals surface area contributed by atoms with E-state index in [1.165, 1.54) is 36.4 Å². The predicted molar refractivity (Wildman–Crippen MR) is 94.2 cm³/mol. The van der Waals surface area contributed by atoms with E-state index in [2.05, 4.69) is 5.32 Å². The Balaban J connectivity index is 2.19. The molecule has 0 unspecified atom stereocenters. The third-order valence-electron chi connectivity index (χ3n) is 3.67. The van der Waals surface area contributed by atoms with Crippen LogP contribution in [0.4, 0.5) is 11.4 Å². The highest BCUT2D eigenvalue weighted by atomic mass is 32.2. The first-order valence-electron chi connectivity index (χ1n) is 7.16. The van der Waals surface area contributed by atoms with Crippen LogP contribution in [0.1, 0.15) is 10.4 Å². The maximum atomic E-state index is 12.4. The van der Waals surface area contributed by atoms with Gasteiger partial charge in [-0.05, 0) is 41.8 Å². The Labute approximate surface area is 143 Å². The van der Waals surface area contributed by atoms with Crippen LogP contribution in [-0.4, -0.2) is 24.0 Å². The fourth-order valence-electron chi connectivity index (χ4n) is 2.50. The molecule has 0 atom stereocenters. The van der Waals surface area contributed by atoms with Gasteiger partial charge in [-0.2, -0.15) is 8.42 Å². The Morgan fingerprint density at radius 2 is 1.68 bits per heavy atom. The number of carbonyl (C=O) groups excluding carboxylic acids is 1. The molecule has 25 heavy (non-hydrogen) atoms. The first-order valence-corrected chi connectivity index (χ1v) is 8.60. The molecule has 0 aliphatic rings. The van der Waals surface area contributed by atoms with Crippen molar-refractivity contribution in [3.8, 4) is 5.75 Å². The first kappa shape index (κ1) is 16.7. The minimum absolute atomic E-state index is 0.112. The number of anilines is 2. The van der Waals surface area contributed by atoms with Crippen molar-refractivity contribution in [1.82, 2.24) is 0 Å². The highest BCUT2D eigenvalue weighted by molar-refractivity contribution is 7.86. The van der Waals surface area contributed by atoms with E-state index in [1.54, 1.807) is 12.1 Å². The molecule has 0 heterocycles. The number of nitrogens with one attached hydrogen (secondary N) is 1. The van der Waals surface area contributed by atoms with Gasteiger partial charge in [-0.3, -0.25) is 9.35 Å². The number of phenols is 1. The van der Waals surface area contributed by atoms with Gasteiger partial charge in [-0.15, -0.1) is 0 Å². The summed E-state index contributed by atoms with van der Waals surface area (Å²) in [6.07, 6.45) is 0. The SMILES string of the molecule is Nc1ccc(C(=O)Nc2c(S(=O)(=O)O)ccc3cccc(O)c23)cc1. The van der Waals surface area contributed by atoms with Crippen LogP contribution < -0.4 is 11.1 Å². The van der Waals surface area contributed by atoms with Gasteiger partial charge in [-0.25, -0.2) is 0 Å². The molecule has 0 bridgehead atoms. The number of rotatable bonds is 3. The van der Waals surface area contributed by atoms with Crippen molar-refractivity contribution in [2.24, 2.45) is 0 Å². The molecule has 3 rings (SSSR count). The number of hydrogen-bond donors (Lipinski definition) is 4. The largest absolute Gasteiger partial charge is 0.507 e. The van der Waals surface area contributed by atoms with Crippen molar-refractivity contribution in [2.75, 3.05) is 11.1 Å². The molecule has 7 nitrogen and oxygen atoms in total. The maximum absolute atomic E-state index is 12.4. The van der Waals surface area contributed by atoms with Crippen LogP contribution in [0.5, 0.6) is 5.75 Å². The molecule has 0 radical (unpaired) electrons. The molecule has 0 aliphatic heterocycles. The quantitative estimate of drug-likeness (QED) is 0.421. The summed E-state index contributed by atoms with van der Waals surface area (Å²) in [5, 5.41) is 13.2. The van der Waals surface area contributed by atoms with E-state index < -0.39 is 20.9 Å². The number of carbonyl (C=O) groups is 1. The van der Waals surface area contributed by atoms with Crippen LogP contribution in [0.3, 0.4) is 0 Å². The second kappa shape index (κ2) is 6.08. The molecule has 3 aromatic carbocycles. The molecule has 0 saturated carbocycles. The van der Waals surface area contributed by atoms with Crippen LogP contribution in [0.15, 0.2) is 59.5 Å². The van der Waals surface area contributed by atoms with Crippen LogP contribution >= 0.6 is 0 Å². The van der Waals surface area contributed by atoms with E-state index in [4.69, 9.17) is 5.73 Å². The molecule has 0 fully saturated rings. The maximum Gasteiger partial charge on any atom is 0.296 e. The molecule has 0 spiro atoms. The van der Waals surface area contributed by atoms with Gasteiger partial charge in [0.05, 0.1) is 5.69 Å². The standard InChI is InChI=1S/C17H14N2O5S/c18-12-7-4-11(5-8-12)17(21)19-16-14(25(22,23)24)9-6-10-2-1-3-13(20)15(10)16/h1-9,20H,18H2,(H,19,21)(H,22,23,24). The molecular weight excluding hydrogens is 344 g/mol. The second-order valence-corrected chi connectivity index (χ2v) is 6.76. The zero-order valence-corrected chi connectivity index (χ0v) is 13.6. The van der Waals surface area contributed by atoms with Crippen LogP contribution in [-0.2, 0) is 10.1 Å². The van der Waals surface area contributed by atoms with Crippen molar-refractivity contribution < 1.29 is 22.9 Å². The normalized spacial score (nSPS) is 11.4. The lowest BCUT2D eigenvalue weighted by atomic mass is 10.1. The second-order valence-electron chi connectivity index (χ2n) is 5.37. The van der Waals surface area contributed by atoms with Crippen molar-refractivity contribution >= 4 is 38.2 Å². The zero-order chi connectivity index (χ0) is 18.2. The lowest BCUT2D eigenvalue weighted by molar-refractivity contribution is 0.102. The highest BCUT2D eigenvalue weighted by Crippen LogP contribution is 2.36. The summed E-state index contributed by atoms with van der Waals surface area (Å²) in [4.78, 5) is 11.9. The highest BCUT2D eigenvalue weighted by Gasteiger charge is 2.22. The minimum Gasteiger partial charge on any atom is -0.507 e. The lowest BCUT2D eigenvalue weighted by Crippen LogP contribution is -2.15. The van der Waals surface area contributed by atoms with Gasteiger partial charge in [0.15, 0.2) is 0 Å². The van der Waals surface area contributed by atoms with Crippen LogP contribution in [0.2, 0.25) is 0 Å². The summed E-state index contributed by atoms with van der Waals surface area (Å²) >= 11 is 0. The van der Waals surface area contributed by atoms with Gasteiger partial charge < -0.3 is 16.2 Å². The third kappa shape index (κ3) is 3.25. The Kier molecular flexibility index (Phi) is 4.07. The molecule has 3 aromatic rings. The Morgan fingerprint density at radius 1 is 1.00 bits per heavy atom. The van der Waals surface area contributed by atoms with Gasteiger partial charge in [0.25, 0.3) is 16.0 Å². The fraction of sp³-hybridized carbons (Fsp3) is 0. The zero-order valence-electron chi connectivity index (χ0n) is 12.8. The number of nitrogens with two attached hydrogens (primary N) is 1. The van der Waals surface area contributed by atoms with Gasteiger partial charge in [0, 0.05) is 16.6 Å². The van der Waals surface area contributed by atoms with Crippen LogP contribution in [0.25, 0.3) is 10.8 Å². The number of phenolic OH excluding ortho intramolecular Hbond substituents is 1. The van der Waals surface area contributed by atoms with Gasteiger partial charge in [0.2, 0.25) is 0 Å². The minimum atomic E-state index is -4.62. The number of fused-ring (bicyclic) bond motifs is 1. The van der Waals surface area contributed by atoms with E-state index >= 15 is 0 Å². The van der Waals surface area contributed by atoms with Crippen molar-refractivity contribution in [2.45, 2.75) is 4.90 Å². The van der Waals surface area contributed by atoms with E-state index in [-0.39, 0.29) is 22.4 Å². The molecule has 128 valence electrons.